The second-order valence-corrected chi connectivity index (χ2v) is 6.68. The Morgan fingerprint density at radius 3 is 2.45 bits per heavy atom. The van der Waals surface area contributed by atoms with Gasteiger partial charge in [0.05, 0.1) is 29.1 Å². The van der Waals surface area contributed by atoms with Crippen LogP contribution in [0.5, 0.6) is 0 Å². The number of rotatable bonds is 6. The Hall–Kier alpha value is -3.16. The predicted octanol–water partition coefficient (Wildman–Crippen LogP) is 4.87. The standard InChI is InChI=1S/C21H21F3N4O/c1-3-7-18(15-8-5-4-6-9-15)27-20(29)17-13-26-28(14(17)2)19-11-10-16(12-25-19)21(22,23)24/h4-6,8-13,18H,3,7H2,1-2H3,(H,27,29). The molecule has 0 saturated carbocycles. The molecule has 29 heavy (non-hydrogen) atoms. The molecular weight excluding hydrogens is 381 g/mol. The first-order chi connectivity index (χ1) is 13.8. The monoisotopic (exact) mass is 402 g/mol. The van der Waals surface area contributed by atoms with Crippen LogP contribution in [0, 0.1) is 6.92 Å². The molecule has 1 N–H and O–H groups in total. The molecule has 3 aromatic rings. The lowest BCUT2D eigenvalue weighted by Gasteiger charge is -2.18. The Labute approximate surface area is 166 Å². The van der Waals surface area contributed by atoms with Crippen LogP contribution >= 0.6 is 0 Å². The van der Waals surface area contributed by atoms with E-state index in [0.29, 0.717) is 11.3 Å². The number of benzene rings is 1. The van der Waals surface area contributed by atoms with Gasteiger partial charge in [0.2, 0.25) is 0 Å². The number of hydrogen-bond acceptors (Lipinski definition) is 3. The molecule has 5 nitrogen and oxygen atoms in total. The van der Waals surface area contributed by atoms with Crippen molar-refractivity contribution in [3.8, 4) is 5.82 Å². The highest BCUT2D eigenvalue weighted by molar-refractivity contribution is 5.95. The Morgan fingerprint density at radius 1 is 1.14 bits per heavy atom. The van der Waals surface area contributed by atoms with Crippen LogP contribution in [0.25, 0.3) is 5.82 Å². The quantitative estimate of drug-likeness (QED) is 0.640. The number of nitrogens with zero attached hydrogens (tertiary/aromatic N) is 3. The van der Waals surface area contributed by atoms with E-state index in [9.17, 15) is 18.0 Å². The minimum absolute atomic E-state index is 0.138. The smallest absolute Gasteiger partial charge is 0.345 e. The summed E-state index contributed by atoms with van der Waals surface area (Å²) in [7, 11) is 0. The lowest BCUT2D eigenvalue weighted by Crippen LogP contribution is -2.28. The molecule has 0 aliphatic carbocycles. The molecule has 0 fully saturated rings. The third-order valence-corrected chi connectivity index (χ3v) is 4.63. The molecule has 0 spiro atoms. The lowest BCUT2D eigenvalue weighted by atomic mass is 10.0. The maximum absolute atomic E-state index is 12.8. The van der Waals surface area contributed by atoms with Gasteiger partial charge in [-0.25, -0.2) is 9.67 Å². The van der Waals surface area contributed by atoms with Crippen molar-refractivity contribution in [2.24, 2.45) is 0 Å². The molecule has 0 aliphatic heterocycles. The van der Waals surface area contributed by atoms with Gasteiger partial charge in [0.1, 0.15) is 0 Å². The molecule has 0 radical (unpaired) electrons. The minimum atomic E-state index is -4.46. The first-order valence-corrected chi connectivity index (χ1v) is 9.25. The number of alkyl halides is 3. The van der Waals surface area contributed by atoms with Gasteiger partial charge in [-0.3, -0.25) is 4.79 Å². The minimum Gasteiger partial charge on any atom is -0.345 e. The van der Waals surface area contributed by atoms with Crippen molar-refractivity contribution in [2.45, 2.75) is 38.9 Å². The third kappa shape index (κ3) is 4.64. The van der Waals surface area contributed by atoms with Crippen molar-refractivity contribution < 1.29 is 18.0 Å². The molecular formula is C21H21F3N4O. The van der Waals surface area contributed by atoms with Gasteiger partial charge in [-0.1, -0.05) is 43.7 Å². The molecule has 1 aromatic carbocycles. The van der Waals surface area contributed by atoms with Crippen molar-refractivity contribution in [3.63, 3.8) is 0 Å². The molecule has 2 heterocycles. The van der Waals surface area contributed by atoms with E-state index in [1.165, 1.54) is 16.9 Å². The van der Waals surface area contributed by atoms with E-state index in [2.05, 4.69) is 15.4 Å². The first-order valence-electron chi connectivity index (χ1n) is 9.25. The van der Waals surface area contributed by atoms with Crippen molar-refractivity contribution in [1.82, 2.24) is 20.1 Å². The van der Waals surface area contributed by atoms with Gasteiger partial charge in [0, 0.05) is 6.20 Å². The fraction of sp³-hybridized carbons (Fsp3) is 0.286. The number of aromatic nitrogens is 3. The van der Waals surface area contributed by atoms with E-state index in [1.807, 2.05) is 37.3 Å². The summed E-state index contributed by atoms with van der Waals surface area (Å²) in [5.41, 5.74) is 1.02. The zero-order valence-electron chi connectivity index (χ0n) is 16.1. The summed E-state index contributed by atoms with van der Waals surface area (Å²) in [6.45, 7) is 3.72. The highest BCUT2D eigenvalue weighted by Crippen LogP contribution is 2.29. The SMILES string of the molecule is CCCC(NC(=O)c1cnn(-c2ccc(C(F)(F)F)cn2)c1C)c1ccccc1. The van der Waals surface area contributed by atoms with E-state index in [1.54, 1.807) is 6.92 Å². The molecule has 1 unspecified atom stereocenters. The molecule has 8 heteroatoms. The van der Waals surface area contributed by atoms with E-state index in [0.717, 1.165) is 30.7 Å². The number of hydrogen-bond donors (Lipinski definition) is 1. The largest absolute Gasteiger partial charge is 0.417 e. The summed E-state index contributed by atoms with van der Waals surface area (Å²) >= 11 is 0. The molecule has 0 aliphatic rings. The average Bonchev–Trinajstić information content (AvgIpc) is 3.09. The van der Waals surface area contributed by atoms with E-state index in [4.69, 9.17) is 0 Å². The molecule has 0 bridgehead atoms. The fourth-order valence-corrected chi connectivity index (χ4v) is 3.07. The summed E-state index contributed by atoms with van der Waals surface area (Å²) in [6, 6.07) is 11.7. The topological polar surface area (TPSA) is 59.8 Å². The van der Waals surface area contributed by atoms with Crippen LogP contribution in [0.1, 0.15) is 53.0 Å². The van der Waals surface area contributed by atoms with Crippen molar-refractivity contribution in [2.75, 3.05) is 0 Å². The summed E-state index contributed by atoms with van der Waals surface area (Å²) in [6.07, 6.45) is -0.626. The summed E-state index contributed by atoms with van der Waals surface area (Å²) < 4.78 is 39.5. The van der Waals surface area contributed by atoms with E-state index < -0.39 is 11.7 Å². The summed E-state index contributed by atoms with van der Waals surface area (Å²) in [5, 5.41) is 7.16. The third-order valence-electron chi connectivity index (χ3n) is 4.63. The Balaban J connectivity index is 1.82. The van der Waals surface area contributed by atoms with Crippen LogP contribution in [0.2, 0.25) is 0 Å². The second kappa shape index (κ2) is 8.46. The second-order valence-electron chi connectivity index (χ2n) is 6.68. The van der Waals surface area contributed by atoms with Crippen LogP contribution in [0.15, 0.2) is 54.9 Å². The van der Waals surface area contributed by atoms with Gasteiger partial charge < -0.3 is 5.32 Å². The van der Waals surface area contributed by atoms with E-state index in [-0.39, 0.29) is 17.8 Å². The summed E-state index contributed by atoms with van der Waals surface area (Å²) in [5.74, 6) is -0.0781. The average molecular weight is 402 g/mol. The van der Waals surface area contributed by atoms with Crippen LogP contribution in [-0.2, 0) is 6.18 Å². The Kier molecular flexibility index (Phi) is 6.00. The number of pyridine rings is 1. The van der Waals surface area contributed by atoms with Gasteiger partial charge in [-0.2, -0.15) is 18.3 Å². The lowest BCUT2D eigenvalue weighted by molar-refractivity contribution is -0.137. The molecule has 0 saturated heterocycles. The van der Waals surface area contributed by atoms with Crippen LogP contribution in [0.3, 0.4) is 0 Å². The van der Waals surface area contributed by atoms with E-state index >= 15 is 0 Å². The van der Waals surface area contributed by atoms with Crippen LogP contribution in [-0.4, -0.2) is 20.7 Å². The zero-order chi connectivity index (χ0) is 21.0. The van der Waals surface area contributed by atoms with Gasteiger partial charge in [-0.15, -0.1) is 0 Å². The predicted molar refractivity (Wildman–Crippen MR) is 103 cm³/mol. The Bertz CT molecular complexity index is 966. The van der Waals surface area contributed by atoms with Gasteiger partial charge in [0.15, 0.2) is 5.82 Å². The maximum atomic E-state index is 12.8. The van der Waals surface area contributed by atoms with Gasteiger partial charge in [0.25, 0.3) is 5.91 Å². The van der Waals surface area contributed by atoms with Crippen molar-refractivity contribution >= 4 is 5.91 Å². The van der Waals surface area contributed by atoms with Crippen molar-refractivity contribution in [1.29, 1.82) is 0 Å². The van der Waals surface area contributed by atoms with Gasteiger partial charge in [-0.05, 0) is 31.0 Å². The number of halogens is 3. The number of carbonyl (C=O) groups excluding carboxylic acids is 1. The highest BCUT2D eigenvalue weighted by atomic mass is 19.4. The van der Waals surface area contributed by atoms with Gasteiger partial charge >= 0.3 is 6.18 Å². The fourth-order valence-electron chi connectivity index (χ4n) is 3.07. The number of carbonyl (C=O) groups is 1. The molecule has 3 rings (SSSR count). The van der Waals surface area contributed by atoms with Crippen molar-refractivity contribution in [3.05, 3.63) is 77.2 Å². The molecule has 2 aromatic heterocycles. The maximum Gasteiger partial charge on any atom is 0.417 e. The normalized spacial score (nSPS) is 12.6. The highest BCUT2D eigenvalue weighted by Gasteiger charge is 2.31. The molecule has 1 atom stereocenters. The first kappa shape index (κ1) is 20.6. The molecule has 152 valence electrons. The number of amides is 1. The summed E-state index contributed by atoms with van der Waals surface area (Å²) in [4.78, 5) is 16.7. The molecule has 1 amide bonds. The Morgan fingerprint density at radius 2 is 1.86 bits per heavy atom. The number of nitrogens with one attached hydrogen (secondary N) is 1. The zero-order valence-corrected chi connectivity index (χ0v) is 16.1. The van der Waals surface area contributed by atoms with Crippen LogP contribution < -0.4 is 5.32 Å². The van der Waals surface area contributed by atoms with Crippen LogP contribution in [0.4, 0.5) is 13.2 Å².